The topological polar surface area (TPSA) is 76.2 Å². The second-order valence-corrected chi connectivity index (χ2v) is 4.37. The minimum absolute atomic E-state index is 0.0772. The molecule has 0 aliphatic heterocycles. The molecule has 0 saturated carbocycles. The highest BCUT2D eigenvalue weighted by Crippen LogP contribution is 2.27. The summed E-state index contributed by atoms with van der Waals surface area (Å²) in [5.41, 5.74) is 0.561. The van der Waals surface area contributed by atoms with Gasteiger partial charge in [-0.15, -0.1) is 10.2 Å². The van der Waals surface area contributed by atoms with Gasteiger partial charge in [-0.05, 0) is 34.1 Å². The summed E-state index contributed by atoms with van der Waals surface area (Å²) in [6, 6.07) is 4.07. The lowest BCUT2D eigenvalue weighted by molar-refractivity contribution is -0.137. The van der Waals surface area contributed by atoms with Crippen LogP contribution in [0.5, 0.6) is 0 Å². The van der Waals surface area contributed by atoms with E-state index in [0.29, 0.717) is 10.0 Å². The molecule has 0 aliphatic rings. The molecule has 1 N–H and O–H groups in total. The predicted molar refractivity (Wildman–Crippen MR) is 63.3 cm³/mol. The molecule has 1 aromatic heterocycles. The molecule has 0 unspecified atom stereocenters. The molecule has 1 heterocycles. The molecule has 2 rings (SSSR count). The molecule has 0 atom stereocenters. The van der Waals surface area contributed by atoms with E-state index in [1.165, 1.54) is 18.2 Å². The van der Waals surface area contributed by atoms with Crippen LogP contribution in [0.3, 0.4) is 0 Å². The Morgan fingerprint density at radius 2 is 2.22 bits per heavy atom. The zero-order valence-corrected chi connectivity index (χ0v) is 10.6. The molecule has 0 spiro atoms. The highest BCUT2D eigenvalue weighted by molar-refractivity contribution is 9.10. The van der Waals surface area contributed by atoms with Crippen molar-refractivity contribution in [3.05, 3.63) is 34.4 Å². The third-order valence-electron chi connectivity index (χ3n) is 2.18. The molecule has 18 heavy (non-hydrogen) atoms. The molecule has 7 heteroatoms. The SMILES string of the molecule is O=C(O)CCc1nnc(-c2ccc(F)cc2Br)o1. The summed E-state index contributed by atoms with van der Waals surface area (Å²) < 4.78 is 18.7. The van der Waals surface area contributed by atoms with E-state index in [2.05, 4.69) is 26.1 Å². The molecule has 5 nitrogen and oxygen atoms in total. The van der Waals surface area contributed by atoms with Crippen LogP contribution in [-0.2, 0) is 11.2 Å². The maximum atomic E-state index is 12.9. The van der Waals surface area contributed by atoms with Crippen LogP contribution in [0, 0.1) is 5.82 Å². The van der Waals surface area contributed by atoms with Crippen molar-refractivity contribution in [3.63, 3.8) is 0 Å². The second kappa shape index (κ2) is 5.26. The minimum atomic E-state index is -0.933. The molecule has 0 aliphatic carbocycles. The van der Waals surface area contributed by atoms with E-state index < -0.39 is 5.97 Å². The van der Waals surface area contributed by atoms with Gasteiger partial charge in [0.15, 0.2) is 0 Å². The van der Waals surface area contributed by atoms with Crippen molar-refractivity contribution in [2.45, 2.75) is 12.8 Å². The first-order valence-corrected chi connectivity index (χ1v) is 5.85. The Morgan fingerprint density at radius 1 is 1.44 bits per heavy atom. The smallest absolute Gasteiger partial charge is 0.303 e. The van der Waals surface area contributed by atoms with Crippen LogP contribution < -0.4 is 0 Å². The maximum Gasteiger partial charge on any atom is 0.303 e. The number of aliphatic carboxylic acids is 1. The predicted octanol–water partition coefficient (Wildman–Crippen LogP) is 2.66. The number of halogens is 2. The lowest BCUT2D eigenvalue weighted by Gasteiger charge is -1.98. The van der Waals surface area contributed by atoms with Crippen LogP contribution in [0.2, 0.25) is 0 Å². The molecule has 94 valence electrons. The number of carbonyl (C=O) groups is 1. The Hall–Kier alpha value is -1.76. The van der Waals surface area contributed by atoms with Gasteiger partial charge in [-0.1, -0.05) is 0 Å². The van der Waals surface area contributed by atoms with Crippen molar-refractivity contribution in [1.29, 1.82) is 0 Å². The second-order valence-electron chi connectivity index (χ2n) is 3.52. The first kappa shape index (κ1) is 12.7. The lowest BCUT2D eigenvalue weighted by atomic mass is 10.2. The number of hydrogen-bond donors (Lipinski definition) is 1. The Bertz CT molecular complexity index is 585. The molecule has 0 radical (unpaired) electrons. The number of aryl methyl sites for hydroxylation is 1. The van der Waals surface area contributed by atoms with E-state index in [-0.39, 0.29) is 30.4 Å². The van der Waals surface area contributed by atoms with Gasteiger partial charge in [0.05, 0.1) is 12.0 Å². The fourth-order valence-corrected chi connectivity index (χ4v) is 1.86. The summed E-state index contributed by atoms with van der Waals surface area (Å²) in [7, 11) is 0. The molecular formula is C11H8BrFN2O3. The van der Waals surface area contributed by atoms with E-state index in [1.54, 1.807) is 0 Å². The van der Waals surface area contributed by atoms with Gasteiger partial charge < -0.3 is 9.52 Å². The number of aromatic nitrogens is 2. The summed E-state index contributed by atoms with van der Waals surface area (Å²) in [6.45, 7) is 0. The monoisotopic (exact) mass is 314 g/mol. The lowest BCUT2D eigenvalue weighted by Crippen LogP contribution is -1.97. The normalized spacial score (nSPS) is 10.6. The van der Waals surface area contributed by atoms with Gasteiger partial charge in [0, 0.05) is 10.9 Å². The summed E-state index contributed by atoms with van der Waals surface area (Å²) in [5.74, 6) is -0.847. The number of carboxylic acids is 1. The summed E-state index contributed by atoms with van der Waals surface area (Å²) in [6.07, 6.45) is 0.0906. The van der Waals surface area contributed by atoms with Crippen LogP contribution >= 0.6 is 15.9 Å². The van der Waals surface area contributed by atoms with Crippen molar-refractivity contribution in [2.75, 3.05) is 0 Å². The first-order chi connectivity index (χ1) is 8.56. The van der Waals surface area contributed by atoms with E-state index >= 15 is 0 Å². The highest BCUT2D eigenvalue weighted by Gasteiger charge is 2.13. The summed E-state index contributed by atoms with van der Waals surface area (Å²) in [4.78, 5) is 10.4. The van der Waals surface area contributed by atoms with E-state index in [9.17, 15) is 9.18 Å². The van der Waals surface area contributed by atoms with Crippen LogP contribution in [0.1, 0.15) is 12.3 Å². The summed E-state index contributed by atoms with van der Waals surface area (Å²) >= 11 is 3.19. The molecule has 0 bridgehead atoms. The van der Waals surface area contributed by atoms with E-state index in [4.69, 9.17) is 9.52 Å². The van der Waals surface area contributed by atoms with Crippen LogP contribution in [0.15, 0.2) is 27.1 Å². The first-order valence-electron chi connectivity index (χ1n) is 5.06. The number of carboxylic acid groups (broad SMARTS) is 1. The Morgan fingerprint density at radius 3 is 2.89 bits per heavy atom. The van der Waals surface area contributed by atoms with Crippen molar-refractivity contribution >= 4 is 21.9 Å². The molecule has 0 saturated heterocycles. The average Bonchev–Trinajstić information content (AvgIpc) is 2.75. The van der Waals surface area contributed by atoms with E-state index in [0.717, 1.165) is 0 Å². The van der Waals surface area contributed by atoms with Crippen molar-refractivity contribution in [1.82, 2.24) is 10.2 Å². The van der Waals surface area contributed by atoms with Gasteiger partial charge in [-0.3, -0.25) is 4.79 Å². The van der Waals surface area contributed by atoms with Crippen LogP contribution in [-0.4, -0.2) is 21.3 Å². The molecule has 0 fully saturated rings. The fourth-order valence-electron chi connectivity index (χ4n) is 1.34. The van der Waals surface area contributed by atoms with Crippen LogP contribution in [0.4, 0.5) is 4.39 Å². The summed E-state index contributed by atoms with van der Waals surface area (Å²) in [5, 5.41) is 16.1. The largest absolute Gasteiger partial charge is 0.481 e. The highest BCUT2D eigenvalue weighted by atomic mass is 79.9. The van der Waals surface area contributed by atoms with Gasteiger partial charge in [0.1, 0.15) is 5.82 Å². The van der Waals surface area contributed by atoms with Gasteiger partial charge >= 0.3 is 5.97 Å². The molecule has 0 amide bonds. The number of benzene rings is 1. The van der Waals surface area contributed by atoms with Gasteiger partial charge in [0.25, 0.3) is 0 Å². The van der Waals surface area contributed by atoms with Crippen molar-refractivity contribution < 1.29 is 18.7 Å². The Kier molecular flexibility index (Phi) is 3.71. The molecule has 1 aromatic carbocycles. The number of rotatable bonds is 4. The van der Waals surface area contributed by atoms with Gasteiger partial charge in [0.2, 0.25) is 11.8 Å². The third-order valence-corrected chi connectivity index (χ3v) is 2.84. The van der Waals surface area contributed by atoms with E-state index in [1.807, 2.05) is 0 Å². The van der Waals surface area contributed by atoms with Crippen LogP contribution in [0.25, 0.3) is 11.5 Å². The zero-order chi connectivity index (χ0) is 13.1. The minimum Gasteiger partial charge on any atom is -0.481 e. The average molecular weight is 315 g/mol. The third kappa shape index (κ3) is 2.92. The number of nitrogens with zero attached hydrogens (tertiary/aromatic N) is 2. The zero-order valence-electron chi connectivity index (χ0n) is 9.06. The standard InChI is InChI=1S/C11H8BrFN2O3/c12-8-5-6(13)1-2-7(8)11-15-14-9(18-11)3-4-10(16)17/h1-2,5H,3-4H2,(H,16,17). The maximum absolute atomic E-state index is 12.9. The fraction of sp³-hybridized carbons (Fsp3) is 0.182. The molecular weight excluding hydrogens is 307 g/mol. The Labute approximate surface area is 110 Å². The van der Waals surface area contributed by atoms with Gasteiger partial charge in [-0.25, -0.2) is 4.39 Å². The van der Waals surface area contributed by atoms with Crippen molar-refractivity contribution in [3.8, 4) is 11.5 Å². The Balaban J connectivity index is 2.21. The molecule has 2 aromatic rings. The van der Waals surface area contributed by atoms with Crippen molar-refractivity contribution in [2.24, 2.45) is 0 Å². The quantitative estimate of drug-likeness (QED) is 0.938. The van der Waals surface area contributed by atoms with Gasteiger partial charge in [-0.2, -0.15) is 0 Å². The number of hydrogen-bond acceptors (Lipinski definition) is 4.